The van der Waals surface area contributed by atoms with Crippen molar-refractivity contribution in [2.75, 3.05) is 46.1 Å². The van der Waals surface area contributed by atoms with Gasteiger partial charge < -0.3 is 14.8 Å². The number of aromatic amines is 1. The van der Waals surface area contributed by atoms with E-state index < -0.39 is 54.2 Å². The SMILES string of the molecule is C[C@H]1Cc2c([nH]c3ccc(F)cc23)[C@H](c2c(F)cc(OCCN3CC(CF)C3)cc2F)N1CC(F)(F)CO. The van der Waals surface area contributed by atoms with Gasteiger partial charge in [-0.2, -0.15) is 0 Å². The molecule has 0 bridgehead atoms. The molecule has 5 nitrogen and oxygen atoms in total. The number of hydrogen-bond acceptors (Lipinski definition) is 4. The zero-order valence-electron chi connectivity index (χ0n) is 20.8. The number of benzene rings is 2. The minimum Gasteiger partial charge on any atom is -0.492 e. The Kier molecular flexibility index (Phi) is 7.36. The molecule has 0 spiro atoms. The molecule has 5 rings (SSSR count). The first-order valence-corrected chi connectivity index (χ1v) is 12.5. The molecule has 2 aliphatic rings. The summed E-state index contributed by atoms with van der Waals surface area (Å²) >= 11 is 0. The molecule has 1 saturated heterocycles. The summed E-state index contributed by atoms with van der Waals surface area (Å²) in [7, 11) is 0. The summed E-state index contributed by atoms with van der Waals surface area (Å²) in [6, 6.07) is 4.19. The van der Waals surface area contributed by atoms with Crippen LogP contribution in [-0.4, -0.2) is 77.9 Å². The number of nitrogens with zero attached hydrogens (tertiary/aromatic N) is 2. The summed E-state index contributed by atoms with van der Waals surface area (Å²) < 4.78 is 92.1. The number of halogens is 6. The average Bonchev–Trinajstić information content (AvgIpc) is 3.19. The normalized spacial score (nSPS) is 21.1. The lowest BCUT2D eigenvalue weighted by Crippen LogP contribution is -2.49. The lowest BCUT2D eigenvalue weighted by molar-refractivity contribution is -0.0869. The van der Waals surface area contributed by atoms with Gasteiger partial charge in [-0.1, -0.05) is 0 Å². The van der Waals surface area contributed by atoms with Crippen LogP contribution in [0.25, 0.3) is 10.9 Å². The second kappa shape index (κ2) is 10.4. The molecule has 3 heterocycles. The van der Waals surface area contributed by atoms with E-state index in [2.05, 4.69) is 4.98 Å². The topological polar surface area (TPSA) is 51.7 Å². The van der Waals surface area contributed by atoms with Gasteiger partial charge in [0.25, 0.3) is 5.92 Å². The van der Waals surface area contributed by atoms with Crippen LogP contribution in [0.15, 0.2) is 30.3 Å². The van der Waals surface area contributed by atoms with Crippen LogP contribution in [0.4, 0.5) is 26.3 Å². The monoisotopic (exact) mass is 541 g/mol. The summed E-state index contributed by atoms with van der Waals surface area (Å²) in [6.45, 7) is 0.727. The number of hydrogen-bond donors (Lipinski definition) is 2. The molecule has 1 fully saturated rings. The molecule has 2 atom stereocenters. The fourth-order valence-corrected chi connectivity index (χ4v) is 5.56. The predicted octanol–water partition coefficient (Wildman–Crippen LogP) is 4.83. The van der Waals surface area contributed by atoms with Gasteiger partial charge in [-0.25, -0.2) is 22.0 Å². The Hall–Kier alpha value is -2.76. The smallest absolute Gasteiger partial charge is 0.283 e. The third-order valence-corrected chi connectivity index (χ3v) is 7.47. The zero-order chi connectivity index (χ0) is 27.2. The van der Waals surface area contributed by atoms with Crippen LogP contribution in [0.5, 0.6) is 5.75 Å². The lowest BCUT2D eigenvalue weighted by atomic mass is 9.87. The van der Waals surface area contributed by atoms with E-state index in [0.29, 0.717) is 41.8 Å². The Morgan fingerprint density at radius 1 is 1.11 bits per heavy atom. The Labute approximate surface area is 216 Å². The molecule has 2 aromatic carbocycles. The van der Waals surface area contributed by atoms with Crippen molar-refractivity contribution in [3.8, 4) is 5.75 Å². The fraction of sp³-hybridized carbons (Fsp3) is 0.481. The second-order valence-electron chi connectivity index (χ2n) is 10.3. The van der Waals surface area contributed by atoms with Crippen LogP contribution in [-0.2, 0) is 6.42 Å². The molecule has 2 N–H and O–H groups in total. The zero-order valence-corrected chi connectivity index (χ0v) is 20.8. The highest BCUT2D eigenvalue weighted by Crippen LogP contribution is 2.44. The van der Waals surface area contributed by atoms with Crippen molar-refractivity contribution in [1.29, 1.82) is 0 Å². The maximum atomic E-state index is 15.6. The molecular formula is C27H29F6N3O2. The highest BCUT2D eigenvalue weighted by molar-refractivity contribution is 5.85. The van der Waals surface area contributed by atoms with Crippen molar-refractivity contribution in [1.82, 2.24) is 14.8 Å². The minimum atomic E-state index is -3.52. The van der Waals surface area contributed by atoms with E-state index in [1.165, 1.54) is 23.1 Å². The van der Waals surface area contributed by atoms with Crippen molar-refractivity contribution >= 4 is 10.9 Å². The van der Waals surface area contributed by atoms with Gasteiger partial charge in [0.1, 0.15) is 36.4 Å². The fourth-order valence-electron chi connectivity index (χ4n) is 5.56. The number of likely N-dealkylation sites (tertiary alicyclic amines) is 1. The molecule has 11 heteroatoms. The number of nitrogens with one attached hydrogen (secondary N) is 1. The van der Waals surface area contributed by atoms with E-state index in [1.54, 1.807) is 6.92 Å². The number of rotatable bonds is 9. The minimum absolute atomic E-state index is 0.00855. The first-order valence-electron chi connectivity index (χ1n) is 12.5. The van der Waals surface area contributed by atoms with Crippen molar-refractivity contribution in [3.63, 3.8) is 0 Å². The average molecular weight is 542 g/mol. The highest BCUT2D eigenvalue weighted by Gasteiger charge is 2.43. The van der Waals surface area contributed by atoms with Crippen LogP contribution < -0.4 is 4.74 Å². The molecule has 38 heavy (non-hydrogen) atoms. The summed E-state index contributed by atoms with van der Waals surface area (Å²) in [5.74, 6) is -6.01. The number of aromatic nitrogens is 1. The Balaban J connectivity index is 1.49. The molecule has 0 radical (unpaired) electrons. The third kappa shape index (κ3) is 5.11. The number of alkyl halides is 3. The Morgan fingerprint density at radius 3 is 2.47 bits per heavy atom. The Bertz CT molecular complexity index is 1290. The molecule has 0 unspecified atom stereocenters. The van der Waals surface area contributed by atoms with Crippen LogP contribution in [0.2, 0.25) is 0 Å². The van der Waals surface area contributed by atoms with Crippen molar-refractivity contribution in [2.24, 2.45) is 5.92 Å². The standard InChI is InChI=1S/C27H29F6N3O2/c1-15-6-20-19-7-17(29)2-3-23(19)34-25(20)26(36(15)13-27(32,33)14-37)24-21(30)8-18(9-22(24)31)38-5-4-35-11-16(10-28)12-35/h2-3,7-9,15-16,26,34,37H,4-6,10-14H2,1H3/t15-,26-/m0/s1. The molecule has 2 aliphatic heterocycles. The molecule has 0 amide bonds. The van der Waals surface area contributed by atoms with Gasteiger partial charge in [0, 0.05) is 65.9 Å². The van der Waals surface area contributed by atoms with Gasteiger partial charge in [-0.3, -0.25) is 14.2 Å². The molecule has 206 valence electrons. The van der Waals surface area contributed by atoms with Crippen LogP contribution in [0, 0.1) is 23.4 Å². The van der Waals surface area contributed by atoms with Crippen molar-refractivity contribution < 1.29 is 36.2 Å². The Morgan fingerprint density at radius 2 is 1.82 bits per heavy atom. The summed E-state index contributed by atoms with van der Waals surface area (Å²) in [5.41, 5.74) is 0.968. The van der Waals surface area contributed by atoms with E-state index in [0.717, 1.165) is 12.1 Å². The number of fused-ring (bicyclic) bond motifs is 3. The van der Waals surface area contributed by atoms with Gasteiger partial charge in [-0.15, -0.1) is 0 Å². The van der Waals surface area contributed by atoms with Crippen LogP contribution in [0.1, 0.15) is 29.8 Å². The predicted molar refractivity (Wildman–Crippen MR) is 130 cm³/mol. The molecule has 1 aromatic heterocycles. The van der Waals surface area contributed by atoms with E-state index in [9.17, 15) is 22.7 Å². The van der Waals surface area contributed by atoms with Gasteiger partial charge >= 0.3 is 0 Å². The first kappa shape index (κ1) is 26.8. The van der Waals surface area contributed by atoms with Gasteiger partial charge in [0.15, 0.2) is 0 Å². The highest BCUT2D eigenvalue weighted by atomic mass is 19.3. The molecular weight excluding hydrogens is 512 g/mol. The number of ether oxygens (including phenoxy) is 1. The quantitative estimate of drug-likeness (QED) is 0.381. The lowest BCUT2D eigenvalue weighted by Gasteiger charge is -2.42. The van der Waals surface area contributed by atoms with E-state index in [-0.39, 0.29) is 31.4 Å². The molecule has 3 aromatic rings. The number of aliphatic hydroxyl groups excluding tert-OH is 1. The second-order valence-corrected chi connectivity index (χ2v) is 10.3. The maximum Gasteiger partial charge on any atom is 0.283 e. The third-order valence-electron chi connectivity index (χ3n) is 7.47. The first-order chi connectivity index (χ1) is 18.1. The van der Waals surface area contributed by atoms with Gasteiger partial charge in [0.2, 0.25) is 0 Å². The summed E-state index contributed by atoms with van der Waals surface area (Å²) in [4.78, 5) is 6.30. The van der Waals surface area contributed by atoms with E-state index >= 15 is 8.78 Å². The largest absolute Gasteiger partial charge is 0.492 e. The maximum absolute atomic E-state index is 15.6. The number of H-pyrrole nitrogens is 1. The van der Waals surface area contributed by atoms with Gasteiger partial charge in [0.05, 0.1) is 19.3 Å². The van der Waals surface area contributed by atoms with E-state index in [4.69, 9.17) is 4.74 Å². The number of aliphatic hydroxyl groups is 1. The van der Waals surface area contributed by atoms with Crippen LogP contribution in [0.3, 0.4) is 0 Å². The summed E-state index contributed by atoms with van der Waals surface area (Å²) in [5, 5.41) is 9.73. The molecule has 0 saturated carbocycles. The van der Waals surface area contributed by atoms with Crippen LogP contribution >= 0.6 is 0 Å². The van der Waals surface area contributed by atoms with Crippen molar-refractivity contribution in [2.45, 2.75) is 31.4 Å². The molecule has 0 aliphatic carbocycles. The van der Waals surface area contributed by atoms with Gasteiger partial charge in [-0.05, 0) is 37.1 Å². The van der Waals surface area contributed by atoms with E-state index in [1.807, 2.05) is 4.90 Å². The van der Waals surface area contributed by atoms with Crippen molar-refractivity contribution in [3.05, 3.63) is 64.6 Å². The summed E-state index contributed by atoms with van der Waals surface area (Å²) in [6.07, 6.45) is 0.237.